The van der Waals surface area contributed by atoms with Crippen LogP contribution in [-0.2, 0) is 0 Å². The number of halogens is 1. The summed E-state index contributed by atoms with van der Waals surface area (Å²) in [7, 11) is 2.19. The Morgan fingerprint density at radius 3 is 2.71 bits per heavy atom. The third kappa shape index (κ3) is 3.85. The fourth-order valence-corrected chi connectivity index (χ4v) is 1.81. The quantitative estimate of drug-likeness (QED) is 0.632. The van der Waals surface area contributed by atoms with E-state index in [1.54, 1.807) is 0 Å². The van der Waals surface area contributed by atoms with Gasteiger partial charge in [-0.2, -0.15) is 0 Å². The van der Waals surface area contributed by atoms with Crippen LogP contribution in [0, 0.1) is 0 Å². The molecule has 0 saturated heterocycles. The van der Waals surface area contributed by atoms with E-state index < -0.39 is 0 Å². The van der Waals surface area contributed by atoms with E-state index in [-0.39, 0.29) is 0 Å². The fourth-order valence-electron chi connectivity index (χ4n) is 1.57. The number of nitrogens with zero attached hydrogens (tertiary/aromatic N) is 1. The van der Waals surface area contributed by atoms with Crippen LogP contribution in [-0.4, -0.2) is 24.5 Å². The maximum absolute atomic E-state index is 5.95. The van der Waals surface area contributed by atoms with Crippen molar-refractivity contribution in [3.63, 3.8) is 0 Å². The van der Waals surface area contributed by atoms with E-state index in [9.17, 15) is 0 Å². The number of allylic oxidation sites excluding steroid dienone is 3. The molecule has 1 aliphatic carbocycles. The minimum Gasteiger partial charge on any atom is -0.300 e. The monoisotopic (exact) mass is 213 g/mol. The van der Waals surface area contributed by atoms with Crippen LogP contribution in [0.1, 0.15) is 32.6 Å². The van der Waals surface area contributed by atoms with Crippen molar-refractivity contribution in [2.24, 2.45) is 0 Å². The summed E-state index contributed by atoms with van der Waals surface area (Å²) < 4.78 is 0. The topological polar surface area (TPSA) is 3.24 Å². The molecule has 14 heavy (non-hydrogen) atoms. The van der Waals surface area contributed by atoms with Crippen LogP contribution in [0.25, 0.3) is 0 Å². The van der Waals surface area contributed by atoms with Crippen LogP contribution in [0.3, 0.4) is 0 Å². The van der Waals surface area contributed by atoms with Gasteiger partial charge >= 0.3 is 0 Å². The zero-order chi connectivity index (χ0) is 10.4. The van der Waals surface area contributed by atoms with Gasteiger partial charge in [-0.05, 0) is 32.4 Å². The number of hydrogen-bond acceptors (Lipinski definition) is 1. The van der Waals surface area contributed by atoms with E-state index in [1.165, 1.54) is 19.3 Å². The van der Waals surface area contributed by atoms with Crippen LogP contribution in [0.2, 0.25) is 0 Å². The molecule has 0 aromatic heterocycles. The van der Waals surface area contributed by atoms with Crippen molar-refractivity contribution in [3.05, 3.63) is 23.3 Å². The summed E-state index contributed by atoms with van der Waals surface area (Å²) >= 11 is 5.95. The highest BCUT2D eigenvalue weighted by atomic mass is 35.5. The molecule has 1 aliphatic rings. The lowest BCUT2D eigenvalue weighted by molar-refractivity contribution is 0.175. The molecule has 0 atom stereocenters. The number of rotatable bonds is 5. The van der Waals surface area contributed by atoms with Gasteiger partial charge in [-0.15, -0.1) is 0 Å². The Kier molecular flexibility index (Phi) is 5.28. The van der Waals surface area contributed by atoms with Crippen molar-refractivity contribution < 1.29 is 0 Å². The summed E-state index contributed by atoms with van der Waals surface area (Å²) in [6.07, 6.45) is 11.3. The Bertz CT molecular complexity index is 216. The van der Waals surface area contributed by atoms with Gasteiger partial charge in [-0.25, -0.2) is 0 Å². The van der Waals surface area contributed by atoms with Gasteiger partial charge in [-0.1, -0.05) is 37.1 Å². The van der Waals surface area contributed by atoms with Gasteiger partial charge in [0, 0.05) is 17.6 Å². The zero-order valence-corrected chi connectivity index (χ0v) is 9.93. The summed E-state index contributed by atoms with van der Waals surface area (Å²) in [6, 6.07) is 0.814. The first-order chi connectivity index (χ1) is 6.74. The molecule has 0 amide bonds. The first-order valence-corrected chi connectivity index (χ1v) is 5.84. The Morgan fingerprint density at radius 1 is 1.50 bits per heavy atom. The van der Waals surface area contributed by atoms with Gasteiger partial charge in [0.05, 0.1) is 0 Å². The molecule has 0 unspecified atom stereocenters. The third-order valence-corrected chi connectivity index (χ3v) is 3.05. The molecule has 0 heterocycles. The van der Waals surface area contributed by atoms with E-state index in [0.29, 0.717) is 0 Å². The molecule has 0 radical (unpaired) electrons. The van der Waals surface area contributed by atoms with Crippen molar-refractivity contribution >= 4 is 11.6 Å². The summed E-state index contributed by atoms with van der Waals surface area (Å²) in [4.78, 5) is 2.40. The van der Waals surface area contributed by atoms with Gasteiger partial charge in [0.15, 0.2) is 0 Å². The molecule has 0 N–H and O–H groups in total. The Morgan fingerprint density at radius 2 is 2.21 bits per heavy atom. The first-order valence-electron chi connectivity index (χ1n) is 5.46. The zero-order valence-electron chi connectivity index (χ0n) is 9.17. The molecule has 80 valence electrons. The largest absolute Gasteiger partial charge is 0.300 e. The predicted octanol–water partition coefficient (Wildman–Crippen LogP) is 3.56. The molecule has 0 aromatic carbocycles. The lowest BCUT2D eigenvalue weighted by Gasteiger charge is -2.33. The minimum atomic E-state index is 0.814. The predicted molar refractivity (Wildman–Crippen MR) is 63.6 cm³/mol. The van der Waals surface area contributed by atoms with E-state index in [0.717, 1.165) is 24.0 Å². The molecule has 1 nitrogen and oxygen atoms in total. The maximum Gasteiger partial charge on any atom is 0.0363 e. The van der Waals surface area contributed by atoms with Crippen molar-refractivity contribution in [2.45, 2.75) is 38.6 Å². The molecule has 0 aromatic rings. The molecule has 0 aliphatic heterocycles. The fraction of sp³-hybridized carbons (Fsp3) is 0.667. The smallest absolute Gasteiger partial charge is 0.0363 e. The second kappa shape index (κ2) is 6.26. The molecule has 1 saturated carbocycles. The van der Waals surface area contributed by atoms with Crippen molar-refractivity contribution in [1.29, 1.82) is 0 Å². The molecule has 1 fully saturated rings. The Labute approximate surface area is 92.4 Å². The van der Waals surface area contributed by atoms with Crippen LogP contribution in [0.15, 0.2) is 23.3 Å². The average molecular weight is 214 g/mol. The molecule has 0 bridgehead atoms. The van der Waals surface area contributed by atoms with Crippen molar-refractivity contribution in [1.82, 2.24) is 4.90 Å². The number of hydrogen-bond donors (Lipinski definition) is 0. The van der Waals surface area contributed by atoms with E-state index in [4.69, 9.17) is 11.6 Å². The lowest BCUT2D eigenvalue weighted by Crippen LogP contribution is -2.37. The van der Waals surface area contributed by atoms with Gasteiger partial charge in [0.25, 0.3) is 0 Å². The molecular weight excluding hydrogens is 194 g/mol. The van der Waals surface area contributed by atoms with Crippen molar-refractivity contribution in [3.8, 4) is 0 Å². The van der Waals surface area contributed by atoms with Crippen LogP contribution in [0.5, 0.6) is 0 Å². The molecule has 2 heteroatoms. The Hall–Kier alpha value is -0.270. The second-order valence-corrected chi connectivity index (χ2v) is 4.36. The standard InChI is InChI=1S/C12H20ClN/c1-3-6-11(13)7-5-10-14(2)12-8-4-9-12/h5-7,12H,3-4,8-10H2,1-2H3/b7-5+,11-6-. The maximum atomic E-state index is 5.95. The highest BCUT2D eigenvalue weighted by Crippen LogP contribution is 2.23. The van der Waals surface area contributed by atoms with Crippen molar-refractivity contribution in [2.75, 3.05) is 13.6 Å². The SMILES string of the molecule is CC/C=C(Cl)/C=C/CN(C)C1CCC1. The lowest BCUT2D eigenvalue weighted by atomic mass is 9.92. The normalized spacial score (nSPS) is 19.3. The summed E-state index contributed by atoms with van der Waals surface area (Å²) in [6.45, 7) is 3.11. The van der Waals surface area contributed by atoms with E-state index >= 15 is 0 Å². The van der Waals surface area contributed by atoms with E-state index in [2.05, 4.69) is 24.9 Å². The highest BCUT2D eigenvalue weighted by Gasteiger charge is 2.20. The average Bonchev–Trinajstić information content (AvgIpc) is 2.01. The minimum absolute atomic E-state index is 0.814. The number of likely N-dealkylation sites (N-methyl/N-ethyl adjacent to an activating group) is 1. The molecule has 0 spiro atoms. The van der Waals surface area contributed by atoms with Gasteiger partial charge in [0.1, 0.15) is 0 Å². The first kappa shape index (κ1) is 11.8. The Balaban J connectivity index is 2.21. The second-order valence-electron chi connectivity index (χ2n) is 3.92. The summed E-state index contributed by atoms with van der Waals surface area (Å²) in [5, 5.41) is 0.856. The van der Waals surface area contributed by atoms with Crippen LogP contribution < -0.4 is 0 Å². The summed E-state index contributed by atoms with van der Waals surface area (Å²) in [5.74, 6) is 0. The van der Waals surface area contributed by atoms with Gasteiger partial charge in [0.2, 0.25) is 0 Å². The third-order valence-electron chi connectivity index (χ3n) is 2.77. The molecular formula is C12H20ClN. The molecule has 1 rings (SSSR count). The van der Waals surface area contributed by atoms with Crippen LogP contribution in [0.4, 0.5) is 0 Å². The van der Waals surface area contributed by atoms with Gasteiger partial charge in [-0.3, -0.25) is 4.90 Å². The van der Waals surface area contributed by atoms with Crippen LogP contribution >= 0.6 is 11.6 Å². The van der Waals surface area contributed by atoms with Gasteiger partial charge < -0.3 is 0 Å². The highest BCUT2D eigenvalue weighted by molar-refractivity contribution is 6.31. The van der Waals surface area contributed by atoms with E-state index in [1.807, 2.05) is 12.2 Å². The summed E-state index contributed by atoms with van der Waals surface area (Å²) in [5.41, 5.74) is 0.